The Morgan fingerprint density at radius 2 is 2.20 bits per heavy atom. The summed E-state index contributed by atoms with van der Waals surface area (Å²) in [7, 11) is 0. The summed E-state index contributed by atoms with van der Waals surface area (Å²) in [5.74, 6) is -0.910. The fourth-order valence-corrected chi connectivity index (χ4v) is 1.43. The molecule has 1 unspecified atom stereocenters. The molecule has 1 atom stereocenters. The number of halogens is 1. The molecule has 0 aromatic heterocycles. The van der Waals surface area contributed by atoms with Gasteiger partial charge in [-0.2, -0.15) is 0 Å². The van der Waals surface area contributed by atoms with E-state index >= 15 is 0 Å². The lowest BCUT2D eigenvalue weighted by Crippen LogP contribution is -2.02. The van der Waals surface area contributed by atoms with Crippen LogP contribution in [0.1, 0.15) is 30.1 Å². The van der Waals surface area contributed by atoms with Crippen LogP contribution in [0.5, 0.6) is 0 Å². The van der Waals surface area contributed by atoms with Crippen molar-refractivity contribution in [3.8, 4) is 0 Å². The number of carbonyl (C=O) groups is 1. The zero-order chi connectivity index (χ0) is 11.4. The van der Waals surface area contributed by atoms with E-state index in [1.165, 1.54) is 0 Å². The van der Waals surface area contributed by atoms with Crippen LogP contribution in [0.4, 0.5) is 0 Å². The molecule has 1 rings (SSSR count). The van der Waals surface area contributed by atoms with Crippen molar-refractivity contribution < 1.29 is 15.0 Å². The third-order valence-corrected chi connectivity index (χ3v) is 2.62. The lowest BCUT2D eigenvalue weighted by atomic mass is 10.0. The molecule has 0 fully saturated rings. The van der Waals surface area contributed by atoms with Crippen LogP contribution < -0.4 is 0 Å². The molecular weight excluding hydrogens is 216 g/mol. The van der Waals surface area contributed by atoms with Gasteiger partial charge in [0.05, 0.1) is 6.10 Å². The maximum absolute atomic E-state index is 10.3. The molecule has 0 bridgehead atoms. The molecule has 3 nitrogen and oxygen atoms in total. The SMILES string of the molecule is Cc1ccc(C(O)CCC(=O)O)cc1Cl. The summed E-state index contributed by atoms with van der Waals surface area (Å²) in [6.07, 6.45) is -0.610. The fourth-order valence-electron chi connectivity index (χ4n) is 1.24. The van der Waals surface area contributed by atoms with Gasteiger partial charge in [-0.15, -0.1) is 0 Å². The van der Waals surface area contributed by atoms with Gasteiger partial charge in [-0.25, -0.2) is 0 Å². The topological polar surface area (TPSA) is 57.5 Å². The Hall–Kier alpha value is -1.06. The molecule has 1 aromatic carbocycles. The van der Waals surface area contributed by atoms with Gasteiger partial charge in [0.2, 0.25) is 0 Å². The first-order valence-electron chi connectivity index (χ1n) is 4.66. The molecule has 0 aliphatic heterocycles. The Morgan fingerprint density at radius 3 is 2.73 bits per heavy atom. The van der Waals surface area contributed by atoms with Crippen molar-refractivity contribution >= 4 is 17.6 Å². The largest absolute Gasteiger partial charge is 0.481 e. The van der Waals surface area contributed by atoms with Gasteiger partial charge in [0, 0.05) is 11.4 Å². The van der Waals surface area contributed by atoms with E-state index in [2.05, 4.69) is 0 Å². The monoisotopic (exact) mass is 228 g/mol. The molecule has 0 spiro atoms. The van der Waals surface area contributed by atoms with Crippen molar-refractivity contribution in [1.82, 2.24) is 0 Å². The molecule has 0 aliphatic rings. The quantitative estimate of drug-likeness (QED) is 0.833. The minimum Gasteiger partial charge on any atom is -0.481 e. The normalized spacial score (nSPS) is 12.5. The molecule has 4 heteroatoms. The summed E-state index contributed by atoms with van der Waals surface area (Å²) in [6.45, 7) is 1.87. The van der Waals surface area contributed by atoms with Gasteiger partial charge in [0.25, 0.3) is 0 Å². The van der Waals surface area contributed by atoms with Crippen LogP contribution in [0, 0.1) is 6.92 Å². The van der Waals surface area contributed by atoms with E-state index < -0.39 is 12.1 Å². The average molecular weight is 229 g/mol. The standard InChI is InChI=1S/C11H13ClO3/c1-7-2-3-8(6-9(7)12)10(13)4-5-11(14)15/h2-3,6,10,13H,4-5H2,1H3,(H,14,15). The predicted molar refractivity (Wildman–Crippen MR) is 58.0 cm³/mol. The number of carboxylic acid groups (broad SMARTS) is 1. The van der Waals surface area contributed by atoms with Crippen molar-refractivity contribution in [2.24, 2.45) is 0 Å². The average Bonchev–Trinajstić information content (AvgIpc) is 2.18. The Labute approximate surface area is 93.3 Å². The summed E-state index contributed by atoms with van der Waals surface area (Å²) in [6, 6.07) is 5.23. The van der Waals surface area contributed by atoms with Crippen LogP contribution in [0.15, 0.2) is 18.2 Å². The number of hydrogen-bond donors (Lipinski definition) is 2. The highest BCUT2D eigenvalue weighted by Crippen LogP contribution is 2.23. The fraction of sp³-hybridized carbons (Fsp3) is 0.364. The zero-order valence-electron chi connectivity index (χ0n) is 8.40. The second-order valence-corrected chi connectivity index (χ2v) is 3.86. The predicted octanol–water partition coefficient (Wildman–Crippen LogP) is 2.55. The molecule has 0 saturated heterocycles. The van der Waals surface area contributed by atoms with Crippen LogP contribution in [-0.4, -0.2) is 16.2 Å². The summed E-state index contributed by atoms with van der Waals surface area (Å²) < 4.78 is 0. The second kappa shape index (κ2) is 5.14. The third-order valence-electron chi connectivity index (χ3n) is 2.21. The van der Waals surface area contributed by atoms with Gasteiger partial charge < -0.3 is 10.2 Å². The van der Waals surface area contributed by atoms with Crippen LogP contribution in [0.25, 0.3) is 0 Å². The number of benzene rings is 1. The molecule has 1 aromatic rings. The molecular formula is C11H13ClO3. The first-order valence-corrected chi connectivity index (χ1v) is 5.04. The van der Waals surface area contributed by atoms with Crippen molar-refractivity contribution in [3.05, 3.63) is 34.3 Å². The molecule has 0 heterocycles. The summed E-state index contributed by atoms with van der Waals surface area (Å²) in [4.78, 5) is 10.3. The number of aryl methyl sites for hydroxylation is 1. The van der Waals surface area contributed by atoms with Crippen molar-refractivity contribution in [2.45, 2.75) is 25.9 Å². The zero-order valence-corrected chi connectivity index (χ0v) is 9.16. The van der Waals surface area contributed by atoms with Crippen molar-refractivity contribution in [2.75, 3.05) is 0 Å². The van der Waals surface area contributed by atoms with Crippen LogP contribution in [0.3, 0.4) is 0 Å². The van der Waals surface area contributed by atoms with E-state index in [1.54, 1.807) is 12.1 Å². The van der Waals surface area contributed by atoms with E-state index in [-0.39, 0.29) is 12.8 Å². The maximum atomic E-state index is 10.3. The summed E-state index contributed by atoms with van der Waals surface area (Å²) >= 11 is 5.89. The highest BCUT2D eigenvalue weighted by molar-refractivity contribution is 6.31. The Balaban J connectivity index is 2.69. The van der Waals surface area contributed by atoms with Gasteiger partial charge in [0.15, 0.2) is 0 Å². The maximum Gasteiger partial charge on any atom is 0.303 e. The lowest BCUT2D eigenvalue weighted by Gasteiger charge is -2.10. The van der Waals surface area contributed by atoms with Gasteiger partial charge in [0.1, 0.15) is 0 Å². The number of aliphatic hydroxyl groups excluding tert-OH is 1. The Kier molecular flexibility index (Phi) is 4.12. The lowest BCUT2D eigenvalue weighted by molar-refractivity contribution is -0.137. The molecule has 0 saturated carbocycles. The minimum absolute atomic E-state index is 0.0489. The van der Waals surface area contributed by atoms with Crippen LogP contribution >= 0.6 is 11.6 Å². The summed E-state index contributed by atoms with van der Waals surface area (Å²) in [5.41, 5.74) is 1.60. The molecule has 15 heavy (non-hydrogen) atoms. The molecule has 0 amide bonds. The first-order chi connectivity index (χ1) is 7.00. The van der Waals surface area contributed by atoms with Gasteiger partial charge in [-0.3, -0.25) is 4.79 Å². The number of rotatable bonds is 4. The number of aliphatic hydroxyl groups is 1. The molecule has 2 N–H and O–H groups in total. The second-order valence-electron chi connectivity index (χ2n) is 3.46. The van der Waals surface area contributed by atoms with Crippen LogP contribution in [0.2, 0.25) is 5.02 Å². The Morgan fingerprint density at radius 1 is 1.53 bits per heavy atom. The Bertz CT molecular complexity index is 363. The molecule has 0 radical (unpaired) electrons. The van der Waals surface area contributed by atoms with Gasteiger partial charge >= 0.3 is 5.97 Å². The van der Waals surface area contributed by atoms with Crippen molar-refractivity contribution in [3.63, 3.8) is 0 Å². The van der Waals surface area contributed by atoms with E-state index in [0.29, 0.717) is 10.6 Å². The third kappa shape index (κ3) is 3.53. The van der Waals surface area contributed by atoms with Crippen molar-refractivity contribution in [1.29, 1.82) is 0 Å². The first kappa shape index (κ1) is 12.0. The van der Waals surface area contributed by atoms with E-state index in [4.69, 9.17) is 16.7 Å². The van der Waals surface area contributed by atoms with Crippen LogP contribution in [-0.2, 0) is 4.79 Å². The number of carboxylic acids is 1. The smallest absolute Gasteiger partial charge is 0.303 e. The highest BCUT2D eigenvalue weighted by atomic mass is 35.5. The summed E-state index contributed by atoms with van der Waals surface area (Å²) in [5, 5.41) is 18.7. The van der Waals surface area contributed by atoms with Gasteiger partial charge in [-0.05, 0) is 30.5 Å². The molecule has 0 aliphatic carbocycles. The number of aliphatic carboxylic acids is 1. The highest BCUT2D eigenvalue weighted by Gasteiger charge is 2.10. The van der Waals surface area contributed by atoms with Gasteiger partial charge in [-0.1, -0.05) is 23.7 Å². The van der Waals surface area contributed by atoms with E-state index in [0.717, 1.165) is 5.56 Å². The van der Waals surface area contributed by atoms with E-state index in [9.17, 15) is 9.90 Å². The minimum atomic E-state index is -0.910. The molecule has 82 valence electrons. The van der Waals surface area contributed by atoms with E-state index in [1.807, 2.05) is 13.0 Å². The number of hydrogen-bond acceptors (Lipinski definition) is 2.